The van der Waals surface area contributed by atoms with Gasteiger partial charge >= 0.3 is 0 Å². The maximum atomic E-state index is 5.45. The Hall–Kier alpha value is -0.580. The molecule has 0 aromatic rings. The van der Waals surface area contributed by atoms with Gasteiger partial charge in [0.1, 0.15) is 11.4 Å². The molecule has 0 aliphatic carbocycles. The quantitative estimate of drug-likeness (QED) is 0.377. The first-order valence-electron chi connectivity index (χ1n) is 7.27. The van der Waals surface area contributed by atoms with Gasteiger partial charge in [-0.05, 0) is 74.3 Å². The van der Waals surface area contributed by atoms with E-state index in [1.807, 2.05) is 62.3 Å². The highest BCUT2D eigenvalue weighted by atomic mass is 17.2. The minimum atomic E-state index is -0.321. The summed E-state index contributed by atoms with van der Waals surface area (Å²) in [5, 5.41) is 0. The Labute approximate surface area is 124 Å². The smallest absolute Gasteiger partial charge is 0.141 e. The lowest BCUT2D eigenvalue weighted by Crippen LogP contribution is -2.23. The van der Waals surface area contributed by atoms with Crippen LogP contribution in [0.4, 0.5) is 0 Å². The maximum Gasteiger partial charge on any atom is 0.141 e. The summed E-state index contributed by atoms with van der Waals surface area (Å²) in [5.74, 6) is 0.853. The molecule has 1 atom stereocenters. The largest absolute Gasteiger partial charge is 0.342 e. The van der Waals surface area contributed by atoms with Gasteiger partial charge in [-0.2, -0.15) is 4.89 Å². The molecule has 0 aliphatic rings. The fourth-order valence-electron chi connectivity index (χ4n) is 1.16. The van der Waals surface area contributed by atoms with Crippen LogP contribution in [0.3, 0.4) is 0 Å². The van der Waals surface area contributed by atoms with Crippen molar-refractivity contribution < 1.29 is 19.6 Å². The van der Waals surface area contributed by atoms with Gasteiger partial charge in [0.2, 0.25) is 0 Å². The Morgan fingerprint density at radius 3 is 1.80 bits per heavy atom. The van der Waals surface area contributed by atoms with E-state index < -0.39 is 0 Å². The van der Waals surface area contributed by atoms with Crippen LogP contribution in [0.1, 0.15) is 75.2 Å². The van der Waals surface area contributed by atoms with E-state index in [-0.39, 0.29) is 17.3 Å². The highest BCUT2D eigenvalue weighted by molar-refractivity contribution is 5.02. The third-order valence-electron chi connectivity index (χ3n) is 2.19. The van der Waals surface area contributed by atoms with Crippen LogP contribution >= 0.6 is 0 Å². The zero-order chi connectivity index (χ0) is 16.0. The van der Waals surface area contributed by atoms with E-state index in [0.29, 0.717) is 0 Å². The zero-order valence-corrected chi connectivity index (χ0v) is 14.6. The molecule has 0 saturated carbocycles. The van der Waals surface area contributed by atoms with Gasteiger partial charge in [-0.3, -0.25) is 0 Å². The van der Waals surface area contributed by atoms with E-state index in [2.05, 4.69) is 0 Å². The predicted octanol–water partition coefficient (Wildman–Crippen LogP) is 4.94. The molecule has 0 aromatic heterocycles. The van der Waals surface area contributed by atoms with Gasteiger partial charge in [0.25, 0.3) is 0 Å². The Balaban J connectivity index is 4.20. The Morgan fingerprint density at radius 2 is 1.40 bits per heavy atom. The van der Waals surface area contributed by atoms with Crippen LogP contribution < -0.4 is 0 Å². The van der Waals surface area contributed by atoms with Gasteiger partial charge < -0.3 is 4.89 Å². The SMILES string of the molecule is CC(C)=C(CCC(C)OOC(C)(C)C)OOC(C)(C)C. The van der Waals surface area contributed by atoms with Crippen molar-refractivity contribution in [1.82, 2.24) is 0 Å². The van der Waals surface area contributed by atoms with Gasteiger partial charge in [-0.1, -0.05) is 0 Å². The number of allylic oxidation sites excluding steroid dienone is 2. The molecule has 1 unspecified atom stereocenters. The molecule has 0 amide bonds. The van der Waals surface area contributed by atoms with Crippen LogP contribution in [0.2, 0.25) is 0 Å². The third kappa shape index (κ3) is 11.3. The summed E-state index contributed by atoms with van der Waals surface area (Å²) in [6, 6.07) is 0. The van der Waals surface area contributed by atoms with Crippen LogP contribution in [0, 0.1) is 0 Å². The summed E-state index contributed by atoms with van der Waals surface area (Å²) in [4.78, 5) is 21.5. The van der Waals surface area contributed by atoms with Gasteiger partial charge in [0.15, 0.2) is 0 Å². The molecule has 20 heavy (non-hydrogen) atoms. The molecule has 0 aliphatic heterocycles. The van der Waals surface area contributed by atoms with E-state index in [1.54, 1.807) is 0 Å². The molecule has 0 bridgehead atoms. The average molecular weight is 288 g/mol. The molecule has 0 N–H and O–H groups in total. The molecule has 0 radical (unpaired) electrons. The van der Waals surface area contributed by atoms with Crippen LogP contribution in [-0.2, 0) is 19.6 Å². The van der Waals surface area contributed by atoms with Gasteiger partial charge in [0.05, 0.1) is 11.7 Å². The molecule has 4 nitrogen and oxygen atoms in total. The van der Waals surface area contributed by atoms with Crippen molar-refractivity contribution in [2.24, 2.45) is 0 Å². The second-order valence-electron chi connectivity index (χ2n) is 7.34. The average Bonchev–Trinajstić information content (AvgIpc) is 2.23. The summed E-state index contributed by atoms with van der Waals surface area (Å²) in [6.45, 7) is 17.8. The molecule has 0 fully saturated rings. The number of rotatable bonds is 7. The van der Waals surface area contributed by atoms with Crippen LogP contribution in [0.5, 0.6) is 0 Å². The van der Waals surface area contributed by atoms with Crippen LogP contribution in [0.15, 0.2) is 11.3 Å². The summed E-state index contributed by atoms with van der Waals surface area (Å²) < 4.78 is 0. The van der Waals surface area contributed by atoms with Crippen molar-refractivity contribution in [1.29, 1.82) is 0 Å². The minimum absolute atomic E-state index is 0.00168. The van der Waals surface area contributed by atoms with Crippen molar-refractivity contribution in [3.05, 3.63) is 11.3 Å². The minimum Gasteiger partial charge on any atom is -0.342 e. The first kappa shape index (κ1) is 19.4. The first-order valence-corrected chi connectivity index (χ1v) is 7.27. The molecule has 0 saturated heterocycles. The molecule has 120 valence electrons. The van der Waals surface area contributed by atoms with E-state index >= 15 is 0 Å². The van der Waals surface area contributed by atoms with E-state index in [1.165, 1.54) is 0 Å². The summed E-state index contributed by atoms with van der Waals surface area (Å²) in [7, 11) is 0. The normalized spacial score (nSPS) is 14.1. The highest BCUT2D eigenvalue weighted by Crippen LogP contribution is 2.20. The van der Waals surface area contributed by atoms with Gasteiger partial charge in [-0.15, -0.1) is 0 Å². The molecule has 0 rings (SSSR count). The molecule has 0 heterocycles. The van der Waals surface area contributed by atoms with E-state index in [4.69, 9.17) is 19.6 Å². The Bertz CT molecular complexity index is 303. The van der Waals surface area contributed by atoms with Crippen molar-refractivity contribution in [2.45, 2.75) is 92.5 Å². The van der Waals surface area contributed by atoms with Crippen molar-refractivity contribution in [3.8, 4) is 0 Å². The molecule has 4 heteroatoms. The summed E-state index contributed by atoms with van der Waals surface area (Å²) in [6.07, 6.45) is 1.57. The van der Waals surface area contributed by atoms with Crippen molar-refractivity contribution >= 4 is 0 Å². The molecule has 0 spiro atoms. The highest BCUT2D eigenvalue weighted by Gasteiger charge is 2.17. The summed E-state index contributed by atoms with van der Waals surface area (Å²) in [5.41, 5.74) is 0.496. The van der Waals surface area contributed by atoms with E-state index in [9.17, 15) is 0 Å². The van der Waals surface area contributed by atoms with Crippen LogP contribution in [0.25, 0.3) is 0 Å². The van der Waals surface area contributed by atoms with Gasteiger partial charge in [0, 0.05) is 6.42 Å². The topological polar surface area (TPSA) is 36.9 Å². The molecular formula is C16H32O4. The predicted molar refractivity (Wildman–Crippen MR) is 80.9 cm³/mol. The monoisotopic (exact) mass is 288 g/mol. The maximum absolute atomic E-state index is 5.45. The first-order chi connectivity index (χ1) is 8.91. The van der Waals surface area contributed by atoms with E-state index in [0.717, 1.165) is 24.2 Å². The zero-order valence-electron chi connectivity index (χ0n) is 14.6. The van der Waals surface area contributed by atoms with Crippen molar-refractivity contribution in [2.75, 3.05) is 0 Å². The third-order valence-corrected chi connectivity index (χ3v) is 2.19. The fourth-order valence-corrected chi connectivity index (χ4v) is 1.16. The summed E-state index contributed by atoms with van der Waals surface area (Å²) >= 11 is 0. The second-order valence-corrected chi connectivity index (χ2v) is 7.34. The second kappa shape index (κ2) is 8.01. The lowest BCUT2D eigenvalue weighted by atomic mass is 10.1. The number of hydrogen-bond acceptors (Lipinski definition) is 4. The standard InChI is InChI=1S/C16H32O4/c1-12(2)14(18-20-16(7,8)9)11-10-13(3)17-19-15(4,5)6/h13H,10-11H2,1-9H3. The Morgan fingerprint density at radius 1 is 0.900 bits per heavy atom. The Kier molecular flexibility index (Phi) is 7.78. The lowest BCUT2D eigenvalue weighted by molar-refractivity contribution is -0.371. The molecule has 0 aromatic carbocycles. The van der Waals surface area contributed by atoms with Crippen molar-refractivity contribution in [3.63, 3.8) is 0 Å². The number of hydrogen-bond donors (Lipinski definition) is 0. The molecular weight excluding hydrogens is 256 g/mol. The fraction of sp³-hybridized carbons (Fsp3) is 0.875. The lowest BCUT2D eigenvalue weighted by Gasteiger charge is -2.22. The van der Waals surface area contributed by atoms with Crippen LogP contribution in [-0.4, -0.2) is 17.3 Å². The van der Waals surface area contributed by atoms with Gasteiger partial charge in [-0.25, -0.2) is 9.78 Å².